The van der Waals surface area contributed by atoms with Gasteiger partial charge in [0.15, 0.2) is 6.61 Å². The number of aromatic nitrogens is 2. The van der Waals surface area contributed by atoms with Crippen LogP contribution >= 0.6 is 0 Å². The first-order valence-corrected chi connectivity index (χ1v) is 9.14. The van der Waals surface area contributed by atoms with Gasteiger partial charge in [0.25, 0.3) is 5.91 Å². The molecule has 1 amide bonds. The van der Waals surface area contributed by atoms with Crippen molar-refractivity contribution in [1.29, 1.82) is 0 Å². The Labute approximate surface area is 153 Å². The van der Waals surface area contributed by atoms with Crippen molar-refractivity contribution in [2.24, 2.45) is 0 Å². The molecule has 0 radical (unpaired) electrons. The van der Waals surface area contributed by atoms with E-state index in [1.807, 2.05) is 37.3 Å². The molecule has 26 heavy (non-hydrogen) atoms. The van der Waals surface area contributed by atoms with E-state index in [9.17, 15) is 9.59 Å². The van der Waals surface area contributed by atoms with E-state index in [1.165, 1.54) is 0 Å². The van der Waals surface area contributed by atoms with Crippen LogP contribution in [-0.2, 0) is 9.53 Å². The monoisotopic (exact) mass is 355 g/mol. The van der Waals surface area contributed by atoms with Gasteiger partial charge in [0.05, 0.1) is 17.1 Å². The maximum Gasteiger partial charge on any atom is 0.342 e. The Morgan fingerprint density at radius 3 is 2.35 bits per heavy atom. The maximum atomic E-state index is 12.5. The number of hydrogen-bond acceptors (Lipinski definition) is 4. The molecule has 6 nitrogen and oxygen atoms in total. The number of nitrogens with zero attached hydrogens (tertiary/aromatic N) is 3. The summed E-state index contributed by atoms with van der Waals surface area (Å²) in [6.45, 7) is 4.90. The second kappa shape index (κ2) is 8.17. The first kappa shape index (κ1) is 18.2. The minimum atomic E-state index is -0.495. The summed E-state index contributed by atoms with van der Waals surface area (Å²) >= 11 is 0. The third-order valence-corrected chi connectivity index (χ3v) is 4.78. The fraction of sp³-hybridized carbons (Fsp3) is 0.450. The van der Waals surface area contributed by atoms with Gasteiger partial charge < -0.3 is 9.64 Å². The number of benzene rings is 1. The summed E-state index contributed by atoms with van der Waals surface area (Å²) in [5, 5.41) is 4.45. The average molecular weight is 355 g/mol. The number of carbonyl (C=O) groups is 2. The second-order valence-corrected chi connectivity index (χ2v) is 6.66. The topological polar surface area (TPSA) is 64.4 Å². The predicted molar refractivity (Wildman–Crippen MR) is 98.4 cm³/mol. The van der Waals surface area contributed by atoms with Crippen LogP contribution in [0.4, 0.5) is 0 Å². The second-order valence-electron chi connectivity index (χ2n) is 6.66. The number of aryl methyl sites for hydroxylation is 1. The molecule has 0 N–H and O–H groups in total. The molecule has 0 atom stereocenters. The zero-order chi connectivity index (χ0) is 18.5. The fourth-order valence-corrected chi connectivity index (χ4v) is 3.37. The highest BCUT2D eigenvalue weighted by Gasteiger charge is 2.23. The van der Waals surface area contributed by atoms with Gasteiger partial charge in [-0.2, -0.15) is 5.10 Å². The first-order valence-electron chi connectivity index (χ1n) is 9.14. The van der Waals surface area contributed by atoms with Gasteiger partial charge in [-0.3, -0.25) is 4.79 Å². The maximum absolute atomic E-state index is 12.5. The summed E-state index contributed by atoms with van der Waals surface area (Å²) < 4.78 is 7.04. The summed E-state index contributed by atoms with van der Waals surface area (Å²) in [4.78, 5) is 26.6. The summed E-state index contributed by atoms with van der Waals surface area (Å²) in [5.74, 6) is -0.614. The van der Waals surface area contributed by atoms with Crippen molar-refractivity contribution in [3.05, 3.63) is 47.3 Å². The molecule has 1 saturated heterocycles. The molecule has 2 aromatic rings. The van der Waals surface area contributed by atoms with E-state index in [0.29, 0.717) is 17.0 Å². The molecule has 1 fully saturated rings. The molecule has 0 spiro atoms. The van der Waals surface area contributed by atoms with Crippen LogP contribution in [0.1, 0.15) is 47.4 Å². The third-order valence-electron chi connectivity index (χ3n) is 4.78. The molecule has 6 heteroatoms. The largest absolute Gasteiger partial charge is 0.452 e. The van der Waals surface area contributed by atoms with Gasteiger partial charge in [0, 0.05) is 13.1 Å². The molecule has 0 aliphatic carbocycles. The number of rotatable bonds is 4. The molecular weight excluding hydrogens is 330 g/mol. The Kier molecular flexibility index (Phi) is 5.71. The molecule has 0 saturated carbocycles. The van der Waals surface area contributed by atoms with Crippen LogP contribution in [0.15, 0.2) is 30.3 Å². The third kappa shape index (κ3) is 3.95. The molecule has 1 aromatic heterocycles. The molecule has 1 aliphatic heterocycles. The van der Waals surface area contributed by atoms with Crippen molar-refractivity contribution in [3.8, 4) is 5.69 Å². The number of carbonyl (C=O) groups excluding carboxylic acids is 2. The predicted octanol–water partition coefficient (Wildman–Crippen LogP) is 3.05. The molecule has 1 aromatic carbocycles. The molecule has 3 rings (SSSR count). The number of esters is 1. The normalized spacial score (nSPS) is 14.8. The number of para-hydroxylation sites is 1. The van der Waals surface area contributed by atoms with Gasteiger partial charge in [0.2, 0.25) is 0 Å². The Morgan fingerprint density at radius 1 is 1.04 bits per heavy atom. The first-order chi connectivity index (χ1) is 12.6. The highest BCUT2D eigenvalue weighted by molar-refractivity contribution is 5.93. The van der Waals surface area contributed by atoms with E-state index in [-0.39, 0.29) is 12.5 Å². The molecule has 0 unspecified atom stereocenters. The Balaban J connectivity index is 1.68. The molecule has 0 bridgehead atoms. The van der Waals surface area contributed by atoms with Crippen LogP contribution in [0.5, 0.6) is 0 Å². The van der Waals surface area contributed by atoms with Gasteiger partial charge in [0.1, 0.15) is 5.56 Å². The summed E-state index contributed by atoms with van der Waals surface area (Å²) in [6.07, 6.45) is 4.34. The van der Waals surface area contributed by atoms with E-state index >= 15 is 0 Å². The van der Waals surface area contributed by atoms with Crippen molar-refractivity contribution in [3.63, 3.8) is 0 Å². The van der Waals surface area contributed by atoms with Crippen molar-refractivity contribution < 1.29 is 14.3 Å². The lowest BCUT2D eigenvalue weighted by molar-refractivity contribution is -0.134. The quantitative estimate of drug-likeness (QED) is 0.791. The van der Waals surface area contributed by atoms with E-state index in [0.717, 1.165) is 44.5 Å². The van der Waals surface area contributed by atoms with E-state index in [4.69, 9.17) is 4.74 Å². The number of hydrogen-bond donors (Lipinski definition) is 0. The summed E-state index contributed by atoms with van der Waals surface area (Å²) in [6, 6.07) is 9.63. The highest BCUT2D eigenvalue weighted by Crippen LogP contribution is 2.19. The van der Waals surface area contributed by atoms with E-state index in [1.54, 1.807) is 16.5 Å². The van der Waals surface area contributed by atoms with E-state index in [2.05, 4.69) is 5.10 Å². The number of ether oxygens (including phenoxy) is 1. The average Bonchev–Trinajstić information content (AvgIpc) is 2.84. The van der Waals surface area contributed by atoms with Crippen molar-refractivity contribution in [1.82, 2.24) is 14.7 Å². The van der Waals surface area contributed by atoms with Gasteiger partial charge in [-0.05, 0) is 38.8 Å². The van der Waals surface area contributed by atoms with Crippen LogP contribution in [0, 0.1) is 13.8 Å². The van der Waals surface area contributed by atoms with Gasteiger partial charge >= 0.3 is 5.97 Å². The fourth-order valence-electron chi connectivity index (χ4n) is 3.37. The van der Waals surface area contributed by atoms with Gasteiger partial charge in [-0.15, -0.1) is 0 Å². The van der Waals surface area contributed by atoms with Gasteiger partial charge in [-0.25, -0.2) is 9.48 Å². The molecule has 2 heterocycles. The molecule has 138 valence electrons. The van der Waals surface area contributed by atoms with Crippen LogP contribution < -0.4 is 0 Å². The number of amides is 1. The lowest BCUT2D eigenvalue weighted by Gasteiger charge is -2.19. The Morgan fingerprint density at radius 2 is 1.69 bits per heavy atom. The minimum absolute atomic E-state index is 0.119. The molecule has 1 aliphatic rings. The standard InChI is InChI=1S/C20H25N3O3/c1-15-19(16(2)23(21-15)17-10-6-5-7-11-17)20(25)26-14-18(24)22-12-8-3-4-9-13-22/h5-7,10-11H,3-4,8-9,12-14H2,1-2H3. The van der Waals surface area contributed by atoms with Crippen molar-refractivity contribution in [2.75, 3.05) is 19.7 Å². The minimum Gasteiger partial charge on any atom is -0.452 e. The lowest BCUT2D eigenvalue weighted by Crippen LogP contribution is -2.35. The van der Waals surface area contributed by atoms with Crippen LogP contribution in [-0.4, -0.2) is 46.3 Å². The van der Waals surface area contributed by atoms with Crippen molar-refractivity contribution in [2.45, 2.75) is 39.5 Å². The van der Waals surface area contributed by atoms with Crippen LogP contribution in [0.25, 0.3) is 5.69 Å². The van der Waals surface area contributed by atoms with Crippen LogP contribution in [0.2, 0.25) is 0 Å². The Bertz CT molecular complexity index is 775. The van der Waals surface area contributed by atoms with Crippen molar-refractivity contribution >= 4 is 11.9 Å². The summed E-state index contributed by atoms with van der Waals surface area (Å²) in [5.41, 5.74) is 2.62. The van der Waals surface area contributed by atoms with E-state index < -0.39 is 5.97 Å². The zero-order valence-corrected chi connectivity index (χ0v) is 15.4. The Hall–Kier alpha value is -2.63. The SMILES string of the molecule is Cc1nn(-c2ccccc2)c(C)c1C(=O)OCC(=O)N1CCCCCC1. The summed E-state index contributed by atoms with van der Waals surface area (Å²) in [7, 11) is 0. The zero-order valence-electron chi connectivity index (χ0n) is 15.4. The number of likely N-dealkylation sites (tertiary alicyclic amines) is 1. The highest BCUT2D eigenvalue weighted by atomic mass is 16.5. The van der Waals surface area contributed by atoms with Crippen LogP contribution in [0.3, 0.4) is 0 Å². The lowest BCUT2D eigenvalue weighted by atomic mass is 10.2. The smallest absolute Gasteiger partial charge is 0.342 e. The molecular formula is C20H25N3O3. The van der Waals surface area contributed by atoms with Gasteiger partial charge in [-0.1, -0.05) is 31.0 Å².